The second-order valence-corrected chi connectivity index (χ2v) is 5.78. The van der Waals surface area contributed by atoms with Crippen LogP contribution in [0.1, 0.15) is 78.1 Å². The molecule has 3 heteroatoms. The number of hydrogen-bond acceptors (Lipinski definition) is 1. The van der Waals surface area contributed by atoms with E-state index in [-0.39, 0.29) is 0 Å². The summed E-state index contributed by atoms with van der Waals surface area (Å²) in [6.07, 6.45) is 8.85. The lowest BCUT2D eigenvalue weighted by Crippen LogP contribution is -2.55. The quantitative estimate of drug-likeness (QED) is 0.694. The third-order valence-corrected chi connectivity index (χ3v) is 4.82. The summed E-state index contributed by atoms with van der Waals surface area (Å²) in [5.74, 6) is -1.13. The molecule has 2 unspecified atom stereocenters. The molecule has 0 spiro atoms. The summed E-state index contributed by atoms with van der Waals surface area (Å²) in [6, 6.07) is 0. The summed E-state index contributed by atoms with van der Waals surface area (Å²) >= 11 is 0. The van der Waals surface area contributed by atoms with Gasteiger partial charge in [-0.1, -0.05) is 46.0 Å². The largest absolute Gasteiger partial charge is 0.479 e. The zero-order valence-corrected chi connectivity index (χ0v) is 11.8. The number of aliphatic carboxylic acids is 1. The Kier molecular flexibility index (Phi) is 5.64. The van der Waals surface area contributed by atoms with E-state index >= 15 is 0 Å². The summed E-state index contributed by atoms with van der Waals surface area (Å²) in [6.45, 7) is 4.14. The second-order valence-electron chi connectivity index (χ2n) is 5.78. The maximum atomic E-state index is 12.8. The lowest BCUT2D eigenvalue weighted by molar-refractivity contribution is -0.202. The number of carboxylic acid groups (broad SMARTS) is 1. The van der Waals surface area contributed by atoms with Gasteiger partial charge in [-0.15, -0.1) is 0 Å². The Morgan fingerprint density at radius 1 is 1.11 bits per heavy atom. The lowest BCUT2D eigenvalue weighted by atomic mass is 9.59. The van der Waals surface area contributed by atoms with Gasteiger partial charge in [0.05, 0.1) is 0 Å². The van der Waals surface area contributed by atoms with Gasteiger partial charge in [0.25, 0.3) is 0 Å². The Bertz CT molecular complexity index is 277. The summed E-state index contributed by atoms with van der Waals surface area (Å²) in [4.78, 5) is 11.4. The highest BCUT2D eigenvalue weighted by Gasteiger charge is 2.56. The molecule has 0 aromatic rings. The molecule has 18 heavy (non-hydrogen) atoms. The molecule has 1 rings (SSSR count). The molecule has 3 nitrogen and oxygen atoms in total. The van der Waals surface area contributed by atoms with Crippen molar-refractivity contribution >= 4 is 5.97 Å². The van der Waals surface area contributed by atoms with E-state index in [2.05, 4.69) is 6.92 Å². The Morgan fingerprint density at radius 3 is 2.33 bits per heavy atom. The van der Waals surface area contributed by atoms with Gasteiger partial charge in [0, 0.05) is 5.41 Å². The molecule has 0 aromatic heterocycles. The minimum absolute atomic E-state index is 0.309. The van der Waals surface area contributed by atoms with Gasteiger partial charge in [-0.25, -0.2) is 9.90 Å². The maximum Gasteiger partial charge on any atom is 0.339 e. The Labute approximate surface area is 111 Å². The maximum absolute atomic E-state index is 12.8. The van der Waals surface area contributed by atoms with Crippen LogP contribution in [0, 0.1) is 5.41 Å². The number of hydrogen-bond donors (Lipinski definition) is 1. The molecule has 0 aromatic carbocycles. The summed E-state index contributed by atoms with van der Waals surface area (Å²) < 4.78 is 0. The van der Waals surface area contributed by atoms with Crippen molar-refractivity contribution in [1.82, 2.24) is 0 Å². The van der Waals surface area contributed by atoms with Gasteiger partial charge < -0.3 is 5.11 Å². The van der Waals surface area contributed by atoms with Crippen LogP contribution >= 0.6 is 0 Å². The molecule has 1 aliphatic rings. The second kappa shape index (κ2) is 6.55. The lowest BCUT2D eigenvalue weighted by Gasteiger charge is -2.46. The summed E-state index contributed by atoms with van der Waals surface area (Å²) in [5, 5.41) is 22.1. The molecular formula is C15H27O3. The molecular weight excluding hydrogens is 228 g/mol. The molecule has 0 bridgehead atoms. The minimum atomic E-state index is -1.74. The van der Waals surface area contributed by atoms with Gasteiger partial charge in [0.1, 0.15) is 0 Å². The molecule has 1 N–H and O–H groups in total. The predicted molar refractivity (Wildman–Crippen MR) is 71.0 cm³/mol. The topological polar surface area (TPSA) is 57.2 Å². The van der Waals surface area contributed by atoms with E-state index in [4.69, 9.17) is 0 Å². The number of carbonyl (C=O) groups is 1. The first-order valence-corrected chi connectivity index (χ1v) is 7.46. The molecule has 0 saturated heterocycles. The first-order valence-electron chi connectivity index (χ1n) is 7.46. The van der Waals surface area contributed by atoms with Crippen LogP contribution in [0.3, 0.4) is 0 Å². The zero-order chi connectivity index (χ0) is 13.6. The van der Waals surface area contributed by atoms with Crippen LogP contribution in [0.15, 0.2) is 0 Å². The van der Waals surface area contributed by atoms with Crippen molar-refractivity contribution in [3.05, 3.63) is 0 Å². The fraction of sp³-hybridized carbons (Fsp3) is 0.933. The van der Waals surface area contributed by atoms with Gasteiger partial charge in [-0.05, 0) is 32.1 Å². The monoisotopic (exact) mass is 255 g/mol. The van der Waals surface area contributed by atoms with E-state index < -0.39 is 17.0 Å². The third kappa shape index (κ3) is 2.87. The van der Waals surface area contributed by atoms with Crippen molar-refractivity contribution in [2.24, 2.45) is 5.41 Å². The molecule has 0 amide bonds. The highest BCUT2D eigenvalue weighted by atomic mass is 16.4. The average molecular weight is 255 g/mol. The highest BCUT2D eigenvalue weighted by molar-refractivity contribution is 5.78. The minimum Gasteiger partial charge on any atom is -0.479 e. The first kappa shape index (κ1) is 15.5. The fourth-order valence-electron chi connectivity index (χ4n) is 3.49. The molecule has 1 fully saturated rings. The van der Waals surface area contributed by atoms with Gasteiger partial charge in [0.2, 0.25) is 5.60 Å². The Morgan fingerprint density at radius 2 is 1.78 bits per heavy atom. The van der Waals surface area contributed by atoms with E-state index in [1.807, 2.05) is 6.92 Å². The van der Waals surface area contributed by atoms with Gasteiger partial charge in [-0.2, -0.15) is 0 Å². The molecule has 105 valence electrons. The molecule has 0 heterocycles. The van der Waals surface area contributed by atoms with Crippen LogP contribution in [-0.4, -0.2) is 16.7 Å². The smallest absolute Gasteiger partial charge is 0.339 e. The van der Waals surface area contributed by atoms with Crippen molar-refractivity contribution in [3.8, 4) is 0 Å². The number of carboxylic acids is 1. The number of unbranched alkanes of at least 4 members (excludes halogenated alkanes) is 3. The molecule has 1 aliphatic carbocycles. The molecule has 0 aliphatic heterocycles. The van der Waals surface area contributed by atoms with Crippen molar-refractivity contribution in [2.75, 3.05) is 0 Å². The van der Waals surface area contributed by atoms with Crippen molar-refractivity contribution < 1.29 is 15.0 Å². The average Bonchev–Trinajstić information content (AvgIpc) is 2.36. The van der Waals surface area contributed by atoms with Crippen LogP contribution in [0.5, 0.6) is 0 Å². The third-order valence-electron chi connectivity index (χ3n) is 4.82. The molecule has 1 saturated carbocycles. The van der Waals surface area contributed by atoms with Crippen molar-refractivity contribution in [1.29, 1.82) is 0 Å². The molecule has 1 radical (unpaired) electrons. The van der Waals surface area contributed by atoms with E-state index in [0.29, 0.717) is 12.8 Å². The van der Waals surface area contributed by atoms with Crippen molar-refractivity contribution in [2.45, 2.75) is 83.7 Å². The van der Waals surface area contributed by atoms with Crippen LogP contribution in [-0.2, 0) is 9.90 Å². The van der Waals surface area contributed by atoms with E-state index in [1.165, 1.54) is 12.8 Å². The van der Waals surface area contributed by atoms with Crippen molar-refractivity contribution in [3.63, 3.8) is 0 Å². The fourth-order valence-corrected chi connectivity index (χ4v) is 3.49. The zero-order valence-electron chi connectivity index (χ0n) is 11.8. The SMILES string of the molecule is CCCCCCC1(CC)CCCCC1([O])C(=O)O. The van der Waals surface area contributed by atoms with Gasteiger partial charge >= 0.3 is 5.97 Å². The predicted octanol–water partition coefficient (Wildman–Crippen LogP) is 4.18. The normalized spacial score (nSPS) is 32.4. The highest BCUT2D eigenvalue weighted by Crippen LogP contribution is 2.50. The van der Waals surface area contributed by atoms with Gasteiger partial charge in [-0.3, -0.25) is 0 Å². The molecule has 2 atom stereocenters. The van der Waals surface area contributed by atoms with Gasteiger partial charge in [0.15, 0.2) is 0 Å². The van der Waals surface area contributed by atoms with Crippen LogP contribution in [0.25, 0.3) is 0 Å². The number of rotatable bonds is 7. The van der Waals surface area contributed by atoms with E-state index in [9.17, 15) is 15.0 Å². The summed E-state index contributed by atoms with van der Waals surface area (Å²) in [5.41, 5.74) is -2.25. The Hall–Kier alpha value is -0.570. The standard InChI is InChI=1S/C15H27O3/c1-3-5-6-7-10-14(4-2)11-8-9-12-15(14,18)13(16)17/h3-12H2,1-2H3,(H,16,17). The van der Waals surface area contributed by atoms with E-state index in [1.54, 1.807) is 0 Å². The van der Waals surface area contributed by atoms with Crippen LogP contribution < -0.4 is 0 Å². The van der Waals surface area contributed by atoms with Crippen LogP contribution in [0.2, 0.25) is 0 Å². The summed E-state index contributed by atoms with van der Waals surface area (Å²) in [7, 11) is 0. The Balaban J connectivity index is 2.76. The van der Waals surface area contributed by atoms with Crippen LogP contribution in [0.4, 0.5) is 0 Å². The van der Waals surface area contributed by atoms with E-state index in [0.717, 1.165) is 38.5 Å². The first-order chi connectivity index (χ1) is 8.52.